The highest BCUT2D eigenvalue weighted by Crippen LogP contribution is 2.26. The Balaban J connectivity index is 1.93. The molecule has 2 rings (SSSR count). The molecule has 1 heterocycles. The lowest BCUT2D eigenvalue weighted by Crippen LogP contribution is -2.25. The third-order valence-corrected chi connectivity index (χ3v) is 3.76. The van der Waals surface area contributed by atoms with Gasteiger partial charge in [-0.15, -0.1) is 0 Å². The van der Waals surface area contributed by atoms with Crippen LogP contribution in [-0.2, 0) is 6.42 Å². The number of fused-ring (bicyclic) bond motifs is 1. The van der Waals surface area contributed by atoms with Crippen LogP contribution in [0.3, 0.4) is 0 Å². The van der Waals surface area contributed by atoms with Gasteiger partial charge in [0, 0.05) is 18.8 Å². The minimum Gasteiger partial charge on any atom is -0.393 e. The van der Waals surface area contributed by atoms with E-state index in [2.05, 4.69) is 29.2 Å². The molecule has 0 saturated heterocycles. The van der Waals surface area contributed by atoms with E-state index in [4.69, 9.17) is 18.0 Å². The predicted molar refractivity (Wildman–Crippen MR) is 82.2 cm³/mol. The van der Waals surface area contributed by atoms with Crippen LogP contribution in [0, 0.1) is 0 Å². The third kappa shape index (κ3) is 3.70. The number of thiocarbonyl (C=S) groups is 1. The lowest BCUT2D eigenvalue weighted by molar-refractivity contribution is 0.673. The number of rotatable bonds is 5. The van der Waals surface area contributed by atoms with E-state index < -0.39 is 0 Å². The number of nitrogens with two attached hydrogens (primary N) is 1. The van der Waals surface area contributed by atoms with E-state index in [1.807, 2.05) is 0 Å². The quantitative estimate of drug-likeness (QED) is 0.652. The van der Waals surface area contributed by atoms with Gasteiger partial charge in [-0.2, -0.15) is 0 Å². The van der Waals surface area contributed by atoms with Crippen LogP contribution in [0.15, 0.2) is 24.3 Å². The van der Waals surface area contributed by atoms with Gasteiger partial charge in [0.15, 0.2) is 0 Å². The second-order valence-corrected chi connectivity index (χ2v) is 5.52. The molecule has 1 aromatic rings. The Labute approximate surface area is 115 Å². The largest absolute Gasteiger partial charge is 0.393 e. The summed E-state index contributed by atoms with van der Waals surface area (Å²) in [5.74, 6) is 0. The van der Waals surface area contributed by atoms with Crippen molar-refractivity contribution in [3.05, 3.63) is 29.8 Å². The fourth-order valence-corrected chi connectivity index (χ4v) is 2.75. The Bertz CT molecular complexity index is 403. The second kappa shape index (κ2) is 6.74. The van der Waals surface area contributed by atoms with Crippen LogP contribution < -0.4 is 10.6 Å². The van der Waals surface area contributed by atoms with Crippen LogP contribution in [0.4, 0.5) is 5.69 Å². The molecule has 3 heteroatoms. The summed E-state index contributed by atoms with van der Waals surface area (Å²) in [5.41, 5.74) is 8.47. The molecule has 0 radical (unpaired) electrons. The zero-order valence-corrected chi connectivity index (χ0v) is 11.7. The molecule has 0 unspecified atom stereocenters. The predicted octanol–water partition coefficient (Wildman–Crippen LogP) is 3.29. The normalized spacial score (nSPS) is 15.0. The summed E-state index contributed by atoms with van der Waals surface area (Å²) in [6.07, 6.45) is 6.98. The first-order valence-corrected chi connectivity index (χ1v) is 7.29. The van der Waals surface area contributed by atoms with E-state index >= 15 is 0 Å². The van der Waals surface area contributed by atoms with Crippen molar-refractivity contribution >= 4 is 22.9 Å². The van der Waals surface area contributed by atoms with Crippen molar-refractivity contribution in [1.82, 2.24) is 0 Å². The molecule has 18 heavy (non-hydrogen) atoms. The van der Waals surface area contributed by atoms with Crippen LogP contribution in [0.25, 0.3) is 0 Å². The van der Waals surface area contributed by atoms with Gasteiger partial charge < -0.3 is 10.6 Å². The summed E-state index contributed by atoms with van der Waals surface area (Å²) in [6, 6.07) is 8.82. The zero-order chi connectivity index (χ0) is 12.8. The Morgan fingerprint density at radius 2 is 2.06 bits per heavy atom. The molecule has 98 valence electrons. The van der Waals surface area contributed by atoms with Crippen LogP contribution in [0.1, 0.15) is 37.7 Å². The number of unbranched alkanes of at least 4 members (excludes halogenated alkanes) is 1. The lowest BCUT2D eigenvalue weighted by atomic mass is 10.1. The Hall–Kier alpha value is -1.09. The van der Waals surface area contributed by atoms with Crippen molar-refractivity contribution in [2.45, 2.75) is 38.5 Å². The van der Waals surface area contributed by atoms with E-state index in [1.165, 1.54) is 43.5 Å². The van der Waals surface area contributed by atoms with Gasteiger partial charge in [-0.25, -0.2) is 0 Å². The van der Waals surface area contributed by atoms with E-state index in [-0.39, 0.29) is 0 Å². The summed E-state index contributed by atoms with van der Waals surface area (Å²) >= 11 is 4.91. The molecule has 1 aliphatic rings. The maximum Gasteiger partial charge on any atom is 0.0727 e. The highest BCUT2D eigenvalue weighted by atomic mass is 32.1. The summed E-state index contributed by atoms with van der Waals surface area (Å²) in [6.45, 7) is 2.31. The van der Waals surface area contributed by atoms with E-state index in [0.717, 1.165) is 19.4 Å². The summed E-state index contributed by atoms with van der Waals surface area (Å²) in [7, 11) is 0. The average molecular weight is 262 g/mol. The fourth-order valence-electron chi connectivity index (χ4n) is 2.60. The van der Waals surface area contributed by atoms with Gasteiger partial charge >= 0.3 is 0 Å². The number of nitrogens with zero attached hydrogens (tertiary/aromatic N) is 1. The SMILES string of the molecule is NC(=S)CCCCN1CCCCc2ccccc21. The fraction of sp³-hybridized carbons (Fsp3) is 0.533. The van der Waals surface area contributed by atoms with Crippen molar-refractivity contribution in [2.75, 3.05) is 18.0 Å². The molecule has 0 atom stereocenters. The molecule has 0 aromatic heterocycles. The number of hydrogen-bond acceptors (Lipinski definition) is 2. The van der Waals surface area contributed by atoms with Crippen molar-refractivity contribution in [3.63, 3.8) is 0 Å². The van der Waals surface area contributed by atoms with E-state index in [1.54, 1.807) is 0 Å². The van der Waals surface area contributed by atoms with E-state index in [9.17, 15) is 0 Å². The van der Waals surface area contributed by atoms with Crippen molar-refractivity contribution in [1.29, 1.82) is 0 Å². The number of hydrogen-bond donors (Lipinski definition) is 1. The maximum atomic E-state index is 5.53. The molecule has 1 aliphatic heterocycles. The second-order valence-electron chi connectivity index (χ2n) is 5.00. The molecule has 0 bridgehead atoms. The molecule has 2 nitrogen and oxygen atoms in total. The monoisotopic (exact) mass is 262 g/mol. The number of benzene rings is 1. The number of aryl methyl sites for hydroxylation is 1. The summed E-state index contributed by atoms with van der Waals surface area (Å²) in [4.78, 5) is 3.17. The van der Waals surface area contributed by atoms with Gasteiger partial charge in [0.05, 0.1) is 4.99 Å². The average Bonchev–Trinajstić information content (AvgIpc) is 2.57. The zero-order valence-electron chi connectivity index (χ0n) is 10.9. The first-order chi connectivity index (χ1) is 8.77. The van der Waals surface area contributed by atoms with Gasteiger partial charge in [0.25, 0.3) is 0 Å². The molecular weight excluding hydrogens is 240 g/mol. The molecule has 0 fully saturated rings. The van der Waals surface area contributed by atoms with Gasteiger partial charge in [0.2, 0.25) is 0 Å². The van der Waals surface area contributed by atoms with Crippen molar-refractivity contribution in [3.8, 4) is 0 Å². The standard InChI is InChI=1S/C15H22N2S/c16-15(18)10-4-6-12-17-11-5-3-8-13-7-1-2-9-14(13)17/h1-2,7,9H,3-6,8,10-12H2,(H2,16,18). The summed E-state index contributed by atoms with van der Waals surface area (Å²) in [5, 5.41) is 0. The van der Waals surface area contributed by atoms with Gasteiger partial charge in [-0.05, 0) is 50.2 Å². The topological polar surface area (TPSA) is 29.3 Å². The Morgan fingerprint density at radius 1 is 1.22 bits per heavy atom. The lowest BCUT2D eigenvalue weighted by Gasteiger charge is -2.24. The van der Waals surface area contributed by atoms with Crippen LogP contribution in [0.5, 0.6) is 0 Å². The maximum absolute atomic E-state index is 5.53. The van der Waals surface area contributed by atoms with Crippen LogP contribution in [0.2, 0.25) is 0 Å². The molecule has 2 N–H and O–H groups in total. The molecule has 1 aromatic carbocycles. The number of para-hydroxylation sites is 1. The van der Waals surface area contributed by atoms with E-state index in [0.29, 0.717) is 4.99 Å². The Morgan fingerprint density at radius 3 is 2.89 bits per heavy atom. The van der Waals surface area contributed by atoms with Gasteiger partial charge in [-0.3, -0.25) is 0 Å². The Kier molecular flexibility index (Phi) is 5.00. The molecule has 0 saturated carbocycles. The van der Waals surface area contributed by atoms with Crippen LogP contribution in [-0.4, -0.2) is 18.1 Å². The minimum absolute atomic E-state index is 0.645. The highest BCUT2D eigenvalue weighted by Gasteiger charge is 2.13. The molecule has 0 aliphatic carbocycles. The third-order valence-electron chi connectivity index (χ3n) is 3.56. The van der Waals surface area contributed by atoms with Crippen LogP contribution >= 0.6 is 12.2 Å². The number of anilines is 1. The van der Waals surface area contributed by atoms with Gasteiger partial charge in [-0.1, -0.05) is 30.4 Å². The van der Waals surface area contributed by atoms with Gasteiger partial charge in [0.1, 0.15) is 0 Å². The molecule has 0 spiro atoms. The van der Waals surface area contributed by atoms with Crippen molar-refractivity contribution in [2.24, 2.45) is 5.73 Å². The highest BCUT2D eigenvalue weighted by molar-refractivity contribution is 7.80. The summed E-state index contributed by atoms with van der Waals surface area (Å²) < 4.78 is 0. The molecule has 0 amide bonds. The van der Waals surface area contributed by atoms with Crippen molar-refractivity contribution < 1.29 is 0 Å². The first kappa shape index (κ1) is 13.3. The minimum atomic E-state index is 0.645. The smallest absolute Gasteiger partial charge is 0.0727 e. The molecular formula is C15H22N2S. The first-order valence-electron chi connectivity index (χ1n) is 6.88.